The summed E-state index contributed by atoms with van der Waals surface area (Å²) in [6.45, 7) is 3.81. The van der Waals surface area contributed by atoms with Gasteiger partial charge in [-0.15, -0.1) is 0 Å². The van der Waals surface area contributed by atoms with Crippen molar-refractivity contribution in [1.29, 1.82) is 0 Å². The minimum Gasteiger partial charge on any atom is -0.504 e. The van der Waals surface area contributed by atoms with E-state index in [0.717, 1.165) is 0 Å². The number of phenols is 2. The second-order valence-electron chi connectivity index (χ2n) is 3.11. The minimum atomic E-state index is -0.310. The van der Waals surface area contributed by atoms with Crippen LogP contribution >= 0.6 is 23.2 Å². The molecule has 0 saturated heterocycles. The van der Waals surface area contributed by atoms with Crippen LogP contribution in [-0.2, 0) is 0 Å². The number of hydrogen-bond donors (Lipinski definition) is 2. The van der Waals surface area contributed by atoms with Crippen LogP contribution in [0.2, 0.25) is 10.0 Å². The molecule has 0 aromatic heterocycles. The van der Waals surface area contributed by atoms with Crippen LogP contribution < -0.4 is 0 Å². The van der Waals surface area contributed by atoms with E-state index in [9.17, 15) is 5.11 Å². The summed E-state index contributed by atoms with van der Waals surface area (Å²) < 4.78 is 0. The number of halogens is 2. The molecule has 2 N–H and O–H groups in total. The summed E-state index contributed by atoms with van der Waals surface area (Å²) in [6, 6.07) is 1.29. The van der Waals surface area contributed by atoms with Crippen LogP contribution in [0.15, 0.2) is 6.07 Å². The molecule has 0 radical (unpaired) electrons. The Morgan fingerprint density at radius 2 is 1.77 bits per heavy atom. The van der Waals surface area contributed by atoms with E-state index >= 15 is 0 Å². The van der Waals surface area contributed by atoms with Gasteiger partial charge in [0.1, 0.15) is 0 Å². The monoisotopic (exact) mass is 220 g/mol. The molecule has 0 heterocycles. The van der Waals surface area contributed by atoms with Gasteiger partial charge in [0.2, 0.25) is 0 Å². The molecule has 1 rings (SSSR count). The number of benzene rings is 1. The molecular formula is C9H10Cl2O2. The molecule has 4 heteroatoms. The quantitative estimate of drug-likeness (QED) is 0.712. The fourth-order valence-electron chi connectivity index (χ4n) is 1.14. The molecule has 13 heavy (non-hydrogen) atoms. The zero-order valence-electron chi connectivity index (χ0n) is 7.31. The van der Waals surface area contributed by atoms with E-state index in [-0.39, 0.29) is 22.4 Å². The Bertz CT molecular complexity index is 335. The molecule has 1 aromatic rings. The molecule has 1 aromatic carbocycles. The highest BCUT2D eigenvalue weighted by molar-refractivity contribution is 6.37. The van der Waals surface area contributed by atoms with E-state index in [4.69, 9.17) is 28.3 Å². The van der Waals surface area contributed by atoms with Gasteiger partial charge >= 0.3 is 0 Å². The first-order valence-corrected chi connectivity index (χ1v) is 4.60. The highest BCUT2D eigenvalue weighted by Crippen LogP contribution is 2.42. The van der Waals surface area contributed by atoms with E-state index in [0.29, 0.717) is 10.6 Å². The Kier molecular flexibility index (Phi) is 2.94. The zero-order valence-corrected chi connectivity index (χ0v) is 8.82. The third-order valence-electron chi connectivity index (χ3n) is 1.79. The molecular weight excluding hydrogens is 211 g/mol. The number of phenolic OH excluding ortho intramolecular Hbond substituents is 2. The van der Waals surface area contributed by atoms with E-state index in [2.05, 4.69) is 0 Å². The van der Waals surface area contributed by atoms with E-state index in [1.54, 1.807) is 0 Å². The van der Waals surface area contributed by atoms with Gasteiger partial charge in [0.25, 0.3) is 0 Å². The first kappa shape index (κ1) is 10.5. The predicted octanol–water partition coefficient (Wildman–Crippen LogP) is 3.53. The van der Waals surface area contributed by atoms with Gasteiger partial charge in [-0.05, 0) is 11.5 Å². The molecule has 72 valence electrons. The predicted molar refractivity (Wildman–Crippen MR) is 53.9 cm³/mol. The van der Waals surface area contributed by atoms with Crippen molar-refractivity contribution >= 4 is 23.2 Å². The Balaban J connectivity index is 3.44. The third kappa shape index (κ3) is 1.84. The van der Waals surface area contributed by atoms with Crippen LogP contribution in [-0.4, -0.2) is 10.2 Å². The van der Waals surface area contributed by atoms with Crippen molar-refractivity contribution in [2.24, 2.45) is 0 Å². The van der Waals surface area contributed by atoms with Gasteiger partial charge in [0.05, 0.1) is 5.02 Å². The summed E-state index contributed by atoms with van der Waals surface area (Å²) >= 11 is 11.7. The van der Waals surface area contributed by atoms with Crippen molar-refractivity contribution in [3.05, 3.63) is 21.7 Å². The average Bonchev–Trinajstić information content (AvgIpc) is 1.99. The van der Waals surface area contributed by atoms with Crippen LogP contribution in [0.3, 0.4) is 0 Å². The second kappa shape index (κ2) is 3.64. The van der Waals surface area contributed by atoms with Crippen LogP contribution in [0.5, 0.6) is 11.5 Å². The average molecular weight is 221 g/mol. The van der Waals surface area contributed by atoms with Crippen molar-refractivity contribution in [2.45, 2.75) is 19.8 Å². The normalized spacial score (nSPS) is 10.8. The van der Waals surface area contributed by atoms with Crippen LogP contribution in [0.25, 0.3) is 0 Å². The van der Waals surface area contributed by atoms with Crippen LogP contribution in [0.1, 0.15) is 25.3 Å². The lowest BCUT2D eigenvalue weighted by Crippen LogP contribution is -1.91. The first-order chi connectivity index (χ1) is 5.95. The molecule has 0 aliphatic heterocycles. The van der Waals surface area contributed by atoms with E-state index < -0.39 is 0 Å². The van der Waals surface area contributed by atoms with Crippen LogP contribution in [0.4, 0.5) is 0 Å². The molecule has 0 aliphatic rings. The van der Waals surface area contributed by atoms with Crippen molar-refractivity contribution in [2.75, 3.05) is 0 Å². The summed E-state index contributed by atoms with van der Waals surface area (Å²) in [5.74, 6) is -0.499. The largest absolute Gasteiger partial charge is 0.504 e. The van der Waals surface area contributed by atoms with Crippen molar-refractivity contribution in [3.8, 4) is 11.5 Å². The molecule has 0 saturated carbocycles. The molecule has 0 aliphatic carbocycles. The molecule has 0 fully saturated rings. The Labute approximate surface area is 86.7 Å². The van der Waals surface area contributed by atoms with Crippen LogP contribution in [0, 0.1) is 0 Å². The number of hydrogen-bond acceptors (Lipinski definition) is 2. The maximum Gasteiger partial charge on any atom is 0.176 e. The van der Waals surface area contributed by atoms with Gasteiger partial charge in [-0.1, -0.05) is 37.0 Å². The van der Waals surface area contributed by atoms with Gasteiger partial charge < -0.3 is 10.2 Å². The van der Waals surface area contributed by atoms with Gasteiger partial charge in [-0.25, -0.2) is 0 Å². The lowest BCUT2D eigenvalue weighted by molar-refractivity contribution is 0.403. The van der Waals surface area contributed by atoms with Crippen molar-refractivity contribution in [3.63, 3.8) is 0 Å². The minimum absolute atomic E-state index is 0.103. The third-order valence-corrected chi connectivity index (χ3v) is 2.48. The summed E-state index contributed by atoms with van der Waals surface area (Å²) in [7, 11) is 0. The summed E-state index contributed by atoms with van der Waals surface area (Å²) in [5.41, 5.74) is 0.652. The Morgan fingerprint density at radius 3 is 2.23 bits per heavy atom. The molecule has 0 amide bonds. The van der Waals surface area contributed by atoms with Gasteiger partial charge in [-0.2, -0.15) is 0 Å². The summed E-state index contributed by atoms with van der Waals surface area (Å²) in [5, 5.41) is 19.0. The molecule has 0 spiro atoms. The highest BCUT2D eigenvalue weighted by atomic mass is 35.5. The Morgan fingerprint density at radius 1 is 1.23 bits per heavy atom. The topological polar surface area (TPSA) is 40.5 Å². The number of aromatic hydroxyl groups is 2. The molecule has 0 atom stereocenters. The maximum absolute atomic E-state index is 9.32. The highest BCUT2D eigenvalue weighted by Gasteiger charge is 2.16. The number of rotatable bonds is 1. The molecule has 0 unspecified atom stereocenters. The fraction of sp³-hybridized carbons (Fsp3) is 0.333. The van der Waals surface area contributed by atoms with E-state index in [1.807, 2.05) is 13.8 Å². The van der Waals surface area contributed by atoms with Gasteiger partial charge in [0.15, 0.2) is 11.5 Å². The first-order valence-electron chi connectivity index (χ1n) is 3.85. The summed E-state index contributed by atoms with van der Waals surface area (Å²) in [4.78, 5) is 0. The summed E-state index contributed by atoms with van der Waals surface area (Å²) in [6.07, 6.45) is 0. The standard InChI is InChI=1S/C9H10Cl2O2/c1-4(2)7-5(10)3-6(12)9(13)8(7)11/h3-4,12-13H,1-2H3. The lowest BCUT2D eigenvalue weighted by atomic mass is 10.0. The lowest BCUT2D eigenvalue weighted by Gasteiger charge is -2.12. The SMILES string of the molecule is CC(C)c1c(Cl)cc(O)c(O)c1Cl. The zero-order chi connectivity index (χ0) is 10.2. The molecule has 0 bridgehead atoms. The Hall–Kier alpha value is -0.600. The maximum atomic E-state index is 9.32. The molecule has 2 nitrogen and oxygen atoms in total. The van der Waals surface area contributed by atoms with Crippen molar-refractivity contribution in [1.82, 2.24) is 0 Å². The van der Waals surface area contributed by atoms with Gasteiger partial charge in [0, 0.05) is 11.1 Å². The second-order valence-corrected chi connectivity index (χ2v) is 3.89. The fourth-order valence-corrected chi connectivity index (χ4v) is 2.02. The van der Waals surface area contributed by atoms with E-state index in [1.165, 1.54) is 6.07 Å². The van der Waals surface area contributed by atoms with Crippen molar-refractivity contribution < 1.29 is 10.2 Å². The smallest absolute Gasteiger partial charge is 0.176 e. The van der Waals surface area contributed by atoms with Gasteiger partial charge in [-0.3, -0.25) is 0 Å².